The number of nitrogens with one attached hydrogen (secondary N) is 2. The maximum atomic E-state index is 13.1. The van der Waals surface area contributed by atoms with Gasteiger partial charge in [-0.1, -0.05) is 52.3 Å². The van der Waals surface area contributed by atoms with Crippen LogP contribution in [0.25, 0.3) is 0 Å². The lowest BCUT2D eigenvalue weighted by Gasteiger charge is -2.19. The van der Waals surface area contributed by atoms with Crippen molar-refractivity contribution in [1.29, 1.82) is 0 Å². The molecule has 3 rings (SSSR count). The zero-order chi connectivity index (χ0) is 22.4. The molecule has 0 spiro atoms. The number of rotatable bonds is 8. The Balaban J connectivity index is 1.88. The lowest BCUT2D eigenvalue weighted by atomic mass is 10.1. The highest BCUT2D eigenvalue weighted by atomic mass is 79.9. The van der Waals surface area contributed by atoms with Crippen LogP contribution in [0.4, 0.5) is 5.69 Å². The van der Waals surface area contributed by atoms with Crippen LogP contribution in [0.3, 0.4) is 0 Å². The van der Waals surface area contributed by atoms with E-state index in [4.69, 9.17) is 4.74 Å². The molecular formula is C23H23BrN2O4S. The van der Waals surface area contributed by atoms with E-state index in [2.05, 4.69) is 26.0 Å². The van der Waals surface area contributed by atoms with Gasteiger partial charge in [0, 0.05) is 10.2 Å². The molecule has 0 aliphatic rings. The Labute approximate surface area is 190 Å². The van der Waals surface area contributed by atoms with Crippen molar-refractivity contribution in [3.05, 3.63) is 88.4 Å². The van der Waals surface area contributed by atoms with Crippen LogP contribution < -0.4 is 14.8 Å². The molecule has 0 saturated heterocycles. The van der Waals surface area contributed by atoms with Crippen LogP contribution in [-0.4, -0.2) is 27.5 Å². The first-order chi connectivity index (χ1) is 14.8. The number of carbonyl (C=O) groups is 1. The highest BCUT2D eigenvalue weighted by Gasteiger charge is 2.26. The van der Waals surface area contributed by atoms with Crippen molar-refractivity contribution in [3.63, 3.8) is 0 Å². The first-order valence-electron chi connectivity index (χ1n) is 9.56. The van der Waals surface area contributed by atoms with Gasteiger partial charge in [0.25, 0.3) is 0 Å². The third-order valence-electron chi connectivity index (χ3n) is 4.67. The highest BCUT2D eigenvalue weighted by molar-refractivity contribution is 9.10. The molecule has 0 bridgehead atoms. The van der Waals surface area contributed by atoms with Gasteiger partial charge < -0.3 is 10.1 Å². The van der Waals surface area contributed by atoms with Gasteiger partial charge in [-0.25, -0.2) is 8.42 Å². The summed E-state index contributed by atoms with van der Waals surface area (Å²) in [5, 5.41) is 2.79. The molecule has 0 aliphatic heterocycles. The Morgan fingerprint density at radius 3 is 2.42 bits per heavy atom. The van der Waals surface area contributed by atoms with E-state index < -0.39 is 22.0 Å². The standard InChI is InChI=1S/C23H23BrN2O4S/c1-16-13-20(11-12-22(16)30-2)31(28,29)26-21(14-17-7-4-3-5-8-17)23(27)25-19-10-6-9-18(24)15-19/h3-13,15,21,26H,14H2,1-2H3,(H,25,27)/t21-/m0/s1. The van der Waals surface area contributed by atoms with E-state index in [0.717, 1.165) is 10.0 Å². The summed E-state index contributed by atoms with van der Waals surface area (Å²) in [4.78, 5) is 13.1. The van der Waals surface area contributed by atoms with Gasteiger partial charge in [0.2, 0.25) is 15.9 Å². The smallest absolute Gasteiger partial charge is 0.242 e. The second kappa shape index (κ2) is 10.1. The molecule has 2 N–H and O–H groups in total. The van der Waals surface area contributed by atoms with Gasteiger partial charge in [-0.2, -0.15) is 4.72 Å². The lowest BCUT2D eigenvalue weighted by Crippen LogP contribution is -2.45. The minimum absolute atomic E-state index is 0.0686. The van der Waals surface area contributed by atoms with Crippen molar-refractivity contribution >= 4 is 37.5 Å². The summed E-state index contributed by atoms with van der Waals surface area (Å²) in [6.07, 6.45) is 0.203. The maximum absolute atomic E-state index is 13.1. The molecule has 8 heteroatoms. The van der Waals surface area contributed by atoms with E-state index in [9.17, 15) is 13.2 Å². The average molecular weight is 503 g/mol. The van der Waals surface area contributed by atoms with Gasteiger partial charge >= 0.3 is 0 Å². The van der Waals surface area contributed by atoms with E-state index in [1.54, 1.807) is 31.2 Å². The molecule has 162 valence electrons. The summed E-state index contributed by atoms with van der Waals surface area (Å²) in [7, 11) is -2.42. The number of hydrogen-bond donors (Lipinski definition) is 2. The second-order valence-electron chi connectivity index (χ2n) is 6.99. The summed E-state index contributed by atoms with van der Waals surface area (Å²) >= 11 is 3.37. The third-order valence-corrected chi connectivity index (χ3v) is 6.63. The Bertz CT molecular complexity index is 1170. The topological polar surface area (TPSA) is 84.5 Å². The SMILES string of the molecule is COc1ccc(S(=O)(=O)N[C@@H](Cc2ccccc2)C(=O)Nc2cccc(Br)c2)cc1C. The van der Waals surface area contributed by atoms with Gasteiger partial charge in [0.05, 0.1) is 12.0 Å². The molecule has 6 nitrogen and oxygen atoms in total. The molecule has 3 aromatic carbocycles. The molecule has 0 saturated carbocycles. The van der Waals surface area contributed by atoms with Crippen molar-refractivity contribution in [2.45, 2.75) is 24.3 Å². The fourth-order valence-electron chi connectivity index (χ4n) is 3.11. The van der Waals surface area contributed by atoms with Crippen LogP contribution in [0.2, 0.25) is 0 Å². The number of sulfonamides is 1. The fourth-order valence-corrected chi connectivity index (χ4v) is 4.79. The summed E-state index contributed by atoms with van der Waals surface area (Å²) < 4.78 is 34.7. The molecule has 0 heterocycles. The van der Waals surface area contributed by atoms with Gasteiger partial charge in [0.15, 0.2) is 0 Å². The molecule has 0 aliphatic carbocycles. The number of hydrogen-bond acceptors (Lipinski definition) is 4. The molecule has 0 aromatic heterocycles. The molecule has 0 fully saturated rings. The summed E-state index contributed by atoms with van der Waals surface area (Å²) in [6.45, 7) is 1.76. The Hall–Kier alpha value is -2.68. The quantitative estimate of drug-likeness (QED) is 0.480. The highest BCUT2D eigenvalue weighted by Crippen LogP contribution is 2.22. The Morgan fingerprint density at radius 1 is 1.03 bits per heavy atom. The molecule has 1 amide bonds. The van der Waals surface area contributed by atoms with Crippen molar-refractivity contribution in [3.8, 4) is 5.75 Å². The summed E-state index contributed by atoms with van der Waals surface area (Å²) in [5.41, 5.74) is 2.09. The van der Waals surface area contributed by atoms with Crippen molar-refractivity contribution in [2.24, 2.45) is 0 Å². The van der Waals surface area contributed by atoms with Crippen molar-refractivity contribution in [2.75, 3.05) is 12.4 Å². The third kappa shape index (κ3) is 6.16. The normalized spacial score (nSPS) is 12.2. The number of carbonyl (C=O) groups excluding carboxylic acids is 1. The van der Waals surface area contributed by atoms with Crippen LogP contribution in [0.1, 0.15) is 11.1 Å². The molecule has 31 heavy (non-hydrogen) atoms. The van der Waals surface area contributed by atoms with E-state index in [-0.39, 0.29) is 11.3 Å². The molecular weight excluding hydrogens is 480 g/mol. The summed E-state index contributed by atoms with van der Waals surface area (Å²) in [6, 6.07) is 19.9. The Kier molecular flexibility index (Phi) is 7.48. The predicted molar refractivity (Wildman–Crippen MR) is 125 cm³/mol. The largest absolute Gasteiger partial charge is 0.496 e. The van der Waals surface area contributed by atoms with Crippen LogP contribution in [0.5, 0.6) is 5.75 Å². The maximum Gasteiger partial charge on any atom is 0.242 e. The van der Waals surface area contributed by atoms with Gasteiger partial charge in [-0.05, 0) is 60.9 Å². The Morgan fingerprint density at radius 2 is 1.77 bits per heavy atom. The number of amides is 1. The molecule has 1 atom stereocenters. The van der Waals surface area contributed by atoms with Crippen LogP contribution >= 0.6 is 15.9 Å². The monoisotopic (exact) mass is 502 g/mol. The first kappa shape index (κ1) is 23.0. The fraction of sp³-hybridized carbons (Fsp3) is 0.174. The van der Waals surface area contributed by atoms with Gasteiger partial charge in [0.1, 0.15) is 11.8 Å². The average Bonchev–Trinajstić information content (AvgIpc) is 2.74. The molecule has 0 unspecified atom stereocenters. The molecule has 3 aromatic rings. The van der Waals surface area contributed by atoms with Crippen LogP contribution in [0, 0.1) is 6.92 Å². The van der Waals surface area contributed by atoms with Crippen LogP contribution in [-0.2, 0) is 21.2 Å². The second-order valence-corrected chi connectivity index (χ2v) is 9.62. The van der Waals surface area contributed by atoms with E-state index in [0.29, 0.717) is 17.0 Å². The van der Waals surface area contributed by atoms with E-state index in [1.807, 2.05) is 36.4 Å². The van der Waals surface area contributed by atoms with Crippen LogP contribution in [0.15, 0.2) is 82.2 Å². The molecule has 0 radical (unpaired) electrons. The van der Waals surface area contributed by atoms with E-state index in [1.165, 1.54) is 19.2 Å². The number of ether oxygens (including phenoxy) is 1. The minimum atomic E-state index is -3.95. The van der Waals surface area contributed by atoms with Gasteiger partial charge in [-0.3, -0.25) is 4.79 Å². The van der Waals surface area contributed by atoms with Crippen molar-refractivity contribution < 1.29 is 17.9 Å². The van der Waals surface area contributed by atoms with Crippen molar-refractivity contribution in [1.82, 2.24) is 4.72 Å². The number of benzene rings is 3. The summed E-state index contributed by atoms with van der Waals surface area (Å²) in [5.74, 6) is 0.142. The number of aryl methyl sites for hydroxylation is 1. The predicted octanol–water partition coefficient (Wildman–Crippen LogP) is 4.29. The van der Waals surface area contributed by atoms with Gasteiger partial charge in [-0.15, -0.1) is 0 Å². The zero-order valence-electron chi connectivity index (χ0n) is 17.1. The number of anilines is 1. The number of methoxy groups -OCH3 is 1. The lowest BCUT2D eigenvalue weighted by molar-refractivity contribution is -0.117. The minimum Gasteiger partial charge on any atom is -0.496 e. The van der Waals surface area contributed by atoms with E-state index >= 15 is 0 Å². The zero-order valence-corrected chi connectivity index (χ0v) is 19.5. The first-order valence-corrected chi connectivity index (χ1v) is 11.8. The number of halogens is 1.